The van der Waals surface area contributed by atoms with E-state index in [-0.39, 0.29) is 0 Å². The van der Waals surface area contributed by atoms with Gasteiger partial charge in [-0.1, -0.05) is 61.9 Å². The fourth-order valence-electron chi connectivity index (χ4n) is 5.32. The third kappa shape index (κ3) is 5.72. The van der Waals surface area contributed by atoms with Crippen molar-refractivity contribution >= 4 is 10.8 Å². The number of hydrogen-bond acceptors (Lipinski definition) is 0. The lowest BCUT2D eigenvalue weighted by molar-refractivity contribution is 0.319. The van der Waals surface area contributed by atoms with Gasteiger partial charge in [-0.25, -0.2) is 8.78 Å². The van der Waals surface area contributed by atoms with Crippen molar-refractivity contribution in [2.75, 3.05) is 0 Å². The lowest BCUT2D eigenvalue weighted by Gasteiger charge is -2.28. The van der Waals surface area contributed by atoms with Gasteiger partial charge in [-0.05, 0) is 110 Å². The summed E-state index contributed by atoms with van der Waals surface area (Å²) in [7, 11) is 0. The Hall–Kier alpha value is -2.48. The van der Waals surface area contributed by atoms with Gasteiger partial charge >= 0.3 is 0 Å². The first-order valence-electron chi connectivity index (χ1n) is 12.7. The van der Waals surface area contributed by atoms with E-state index < -0.39 is 11.6 Å². The van der Waals surface area contributed by atoms with Gasteiger partial charge < -0.3 is 0 Å². The molecule has 0 radical (unpaired) electrons. The molecule has 3 aromatic rings. The Bertz CT molecular complexity index is 1090. The second kappa shape index (κ2) is 11.1. The largest absolute Gasteiger partial charge is 0.203 e. The summed E-state index contributed by atoms with van der Waals surface area (Å²) in [6.07, 6.45) is 13.5. The van der Waals surface area contributed by atoms with Crippen LogP contribution in [0, 0.1) is 17.6 Å². The van der Waals surface area contributed by atoms with Gasteiger partial charge in [0.05, 0.1) is 0 Å². The molecule has 1 aliphatic carbocycles. The second-order valence-electron chi connectivity index (χ2n) is 9.69. The summed E-state index contributed by atoms with van der Waals surface area (Å²) in [5.74, 6) is 0.216. The average Bonchev–Trinajstić information content (AvgIpc) is 2.86. The summed E-state index contributed by atoms with van der Waals surface area (Å²) >= 11 is 0. The molecule has 0 bridgehead atoms. The zero-order chi connectivity index (χ0) is 23.2. The number of allylic oxidation sites excluding steroid dienone is 2. The molecule has 0 saturated heterocycles. The van der Waals surface area contributed by atoms with Crippen LogP contribution >= 0.6 is 0 Å². The van der Waals surface area contributed by atoms with Crippen LogP contribution in [-0.2, 0) is 19.3 Å². The smallest absolute Gasteiger partial charge is 0.166 e. The van der Waals surface area contributed by atoms with Crippen molar-refractivity contribution in [2.45, 2.75) is 77.6 Å². The highest BCUT2D eigenvalue weighted by Crippen LogP contribution is 2.37. The van der Waals surface area contributed by atoms with Gasteiger partial charge in [-0.15, -0.1) is 0 Å². The summed E-state index contributed by atoms with van der Waals surface area (Å²) < 4.78 is 29.4. The third-order valence-electron chi connectivity index (χ3n) is 7.55. The predicted molar refractivity (Wildman–Crippen MR) is 136 cm³/mol. The molecule has 0 aromatic heterocycles. The van der Waals surface area contributed by atoms with Crippen LogP contribution < -0.4 is 0 Å². The molecule has 1 aliphatic rings. The Morgan fingerprint density at radius 2 is 1.52 bits per heavy atom. The van der Waals surface area contributed by atoms with E-state index in [2.05, 4.69) is 37.3 Å². The Kier molecular flexibility index (Phi) is 7.96. The predicted octanol–water partition coefficient (Wildman–Crippen LogP) is 9.10. The van der Waals surface area contributed by atoms with Crippen LogP contribution in [0.1, 0.15) is 80.5 Å². The third-order valence-corrected chi connectivity index (χ3v) is 7.55. The van der Waals surface area contributed by atoms with Gasteiger partial charge in [0.15, 0.2) is 11.6 Å². The van der Waals surface area contributed by atoms with Gasteiger partial charge in [0.2, 0.25) is 0 Å². The summed E-state index contributed by atoms with van der Waals surface area (Å²) in [6, 6.07) is 16.7. The SMILES string of the molecule is C/C=C/CCc1cc2ccc(CCc3ccc(C4CCC(CC)CC4)cc3)cc2c(F)c1F. The van der Waals surface area contributed by atoms with Gasteiger partial charge in [-0.3, -0.25) is 0 Å². The van der Waals surface area contributed by atoms with Crippen molar-refractivity contribution in [2.24, 2.45) is 5.92 Å². The molecule has 0 atom stereocenters. The molecule has 0 nitrogen and oxygen atoms in total. The molecule has 0 aliphatic heterocycles. The Morgan fingerprint density at radius 1 is 0.818 bits per heavy atom. The zero-order valence-electron chi connectivity index (χ0n) is 20.0. The highest BCUT2D eigenvalue weighted by molar-refractivity contribution is 5.84. The lowest BCUT2D eigenvalue weighted by Crippen LogP contribution is -2.12. The number of rotatable bonds is 8. The summed E-state index contributed by atoms with van der Waals surface area (Å²) in [5, 5.41) is 1.16. The molecule has 0 spiro atoms. The van der Waals surface area contributed by atoms with E-state index in [9.17, 15) is 8.78 Å². The number of benzene rings is 3. The van der Waals surface area contributed by atoms with Crippen LogP contribution in [-0.4, -0.2) is 0 Å². The van der Waals surface area contributed by atoms with Crippen LogP contribution in [0.3, 0.4) is 0 Å². The first kappa shape index (κ1) is 23.7. The van der Waals surface area contributed by atoms with Crippen LogP contribution in [0.5, 0.6) is 0 Å². The highest BCUT2D eigenvalue weighted by atomic mass is 19.2. The molecule has 0 heterocycles. The van der Waals surface area contributed by atoms with E-state index in [1.165, 1.54) is 43.2 Å². The van der Waals surface area contributed by atoms with Crippen molar-refractivity contribution in [1.29, 1.82) is 0 Å². The molecule has 3 aromatic carbocycles. The van der Waals surface area contributed by atoms with Crippen LogP contribution in [0.15, 0.2) is 60.7 Å². The maximum atomic E-state index is 14.8. The van der Waals surface area contributed by atoms with Crippen LogP contribution in [0.2, 0.25) is 0 Å². The highest BCUT2D eigenvalue weighted by Gasteiger charge is 2.21. The van der Waals surface area contributed by atoms with E-state index in [4.69, 9.17) is 0 Å². The molecular formula is C31H36F2. The molecule has 1 fully saturated rings. The van der Waals surface area contributed by atoms with E-state index in [0.717, 1.165) is 36.1 Å². The molecule has 4 rings (SSSR count). The first-order chi connectivity index (χ1) is 16.1. The molecule has 0 amide bonds. The average molecular weight is 447 g/mol. The molecule has 174 valence electrons. The number of hydrogen-bond donors (Lipinski definition) is 0. The fourth-order valence-corrected chi connectivity index (χ4v) is 5.32. The van der Waals surface area contributed by atoms with E-state index in [0.29, 0.717) is 23.3 Å². The van der Waals surface area contributed by atoms with Crippen molar-refractivity contribution in [3.63, 3.8) is 0 Å². The number of halogens is 2. The van der Waals surface area contributed by atoms with Gasteiger partial charge in [-0.2, -0.15) is 0 Å². The molecule has 2 heteroatoms. The first-order valence-corrected chi connectivity index (χ1v) is 12.7. The summed E-state index contributed by atoms with van der Waals surface area (Å²) in [4.78, 5) is 0. The second-order valence-corrected chi connectivity index (χ2v) is 9.69. The van der Waals surface area contributed by atoms with Crippen molar-refractivity contribution in [3.05, 3.63) is 94.6 Å². The lowest BCUT2D eigenvalue weighted by atomic mass is 9.78. The minimum absolute atomic E-state index is 0.387. The van der Waals surface area contributed by atoms with Crippen LogP contribution in [0.25, 0.3) is 10.8 Å². The Balaban J connectivity index is 1.41. The quantitative estimate of drug-likeness (QED) is 0.303. The topological polar surface area (TPSA) is 0 Å². The molecule has 1 saturated carbocycles. The van der Waals surface area contributed by atoms with E-state index in [1.807, 2.05) is 31.2 Å². The summed E-state index contributed by atoms with van der Waals surface area (Å²) in [6.45, 7) is 4.25. The monoisotopic (exact) mass is 446 g/mol. The van der Waals surface area contributed by atoms with Crippen LogP contribution in [0.4, 0.5) is 8.78 Å². The zero-order valence-corrected chi connectivity index (χ0v) is 20.0. The standard InChI is InChI=1S/C31H36F2/c1-3-5-6-7-28-21-27-19-14-24(20-29(27)31(33)30(28)32)9-8-23-12-17-26(18-13-23)25-15-10-22(4-2)11-16-25/h3,5,12-14,17-22,25H,4,6-11,15-16H2,1-2H3/b5-3+. The van der Waals surface area contributed by atoms with Gasteiger partial charge in [0.1, 0.15) is 0 Å². The normalized spacial score (nSPS) is 18.9. The molecule has 33 heavy (non-hydrogen) atoms. The van der Waals surface area contributed by atoms with Crippen molar-refractivity contribution < 1.29 is 8.78 Å². The fraction of sp³-hybridized carbons (Fsp3) is 0.419. The van der Waals surface area contributed by atoms with Gasteiger partial charge in [0, 0.05) is 5.39 Å². The Morgan fingerprint density at radius 3 is 2.21 bits per heavy atom. The number of fused-ring (bicyclic) bond motifs is 1. The summed E-state index contributed by atoms with van der Waals surface area (Å²) in [5.41, 5.74) is 4.27. The van der Waals surface area contributed by atoms with Gasteiger partial charge in [0.25, 0.3) is 0 Å². The maximum absolute atomic E-state index is 14.8. The van der Waals surface area contributed by atoms with Crippen molar-refractivity contribution in [3.8, 4) is 0 Å². The maximum Gasteiger partial charge on any atom is 0.166 e. The number of aryl methyl sites for hydroxylation is 3. The Labute approximate surface area is 197 Å². The van der Waals surface area contributed by atoms with Crippen molar-refractivity contribution in [1.82, 2.24) is 0 Å². The molecular weight excluding hydrogens is 410 g/mol. The van der Waals surface area contributed by atoms with E-state index >= 15 is 0 Å². The molecule has 0 N–H and O–H groups in total. The minimum atomic E-state index is -0.716. The molecule has 0 unspecified atom stereocenters. The minimum Gasteiger partial charge on any atom is -0.203 e. The van der Waals surface area contributed by atoms with E-state index in [1.54, 1.807) is 6.07 Å².